The van der Waals surface area contributed by atoms with Gasteiger partial charge in [-0.3, -0.25) is 4.79 Å². The van der Waals surface area contributed by atoms with Crippen molar-refractivity contribution < 1.29 is 17.6 Å². The lowest BCUT2D eigenvalue weighted by Gasteiger charge is -2.31. The quantitative estimate of drug-likeness (QED) is 0.864. The Bertz CT molecular complexity index is 648. The van der Waals surface area contributed by atoms with E-state index in [1.54, 1.807) is 6.07 Å². The molecule has 1 fully saturated rings. The van der Waals surface area contributed by atoms with Crippen molar-refractivity contribution in [1.82, 2.24) is 4.31 Å². The van der Waals surface area contributed by atoms with Gasteiger partial charge >= 0.3 is 0 Å². The Balaban J connectivity index is 1.99. The summed E-state index contributed by atoms with van der Waals surface area (Å²) < 4.78 is 39.1. The third-order valence-electron chi connectivity index (χ3n) is 4.00. The highest BCUT2D eigenvalue weighted by Gasteiger charge is 2.31. The van der Waals surface area contributed by atoms with Gasteiger partial charge in [-0.05, 0) is 37.5 Å². The Morgan fingerprint density at radius 3 is 2.91 bits per heavy atom. The first-order chi connectivity index (χ1) is 10.9. The van der Waals surface area contributed by atoms with Crippen LogP contribution in [0.2, 0.25) is 0 Å². The highest BCUT2D eigenvalue weighted by Crippen LogP contribution is 2.22. The molecule has 1 aromatic carbocycles. The van der Waals surface area contributed by atoms with Crippen molar-refractivity contribution in [3.05, 3.63) is 30.1 Å². The van der Waals surface area contributed by atoms with Crippen LogP contribution in [0.25, 0.3) is 0 Å². The van der Waals surface area contributed by atoms with Crippen LogP contribution >= 0.6 is 0 Å². The molecule has 23 heavy (non-hydrogen) atoms. The fourth-order valence-corrected chi connectivity index (χ4v) is 4.40. The molecule has 1 N–H and O–H groups in total. The van der Waals surface area contributed by atoms with Crippen LogP contribution in [0.3, 0.4) is 0 Å². The van der Waals surface area contributed by atoms with E-state index in [-0.39, 0.29) is 18.2 Å². The number of hydrogen-bond acceptors (Lipinski definition) is 3. The number of nitrogens with one attached hydrogen (secondary N) is 1. The summed E-state index contributed by atoms with van der Waals surface area (Å²) in [7, 11) is -3.30. The van der Waals surface area contributed by atoms with Gasteiger partial charge in [0.05, 0.1) is 11.7 Å². The molecule has 1 unspecified atom stereocenters. The van der Waals surface area contributed by atoms with E-state index in [9.17, 15) is 17.6 Å². The van der Waals surface area contributed by atoms with Gasteiger partial charge < -0.3 is 5.32 Å². The first kappa shape index (κ1) is 17.9. The molecule has 2 rings (SSSR count). The summed E-state index contributed by atoms with van der Waals surface area (Å²) in [5.74, 6) is -0.952. The van der Waals surface area contributed by atoms with Gasteiger partial charge in [0.1, 0.15) is 5.82 Å². The van der Waals surface area contributed by atoms with Crippen LogP contribution < -0.4 is 5.32 Å². The molecule has 0 saturated carbocycles. The third-order valence-corrected chi connectivity index (χ3v) is 5.92. The number of halogens is 1. The number of anilines is 1. The van der Waals surface area contributed by atoms with Gasteiger partial charge in [-0.15, -0.1) is 0 Å². The van der Waals surface area contributed by atoms with E-state index in [4.69, 9.17) is 0 Å². The molecule has 0 aromatic heterocycles. The maximum absolute atomic E-state index is 13.2. The van der Waals surface area contributed by atoms with E-state index in [1.165, 1.54) is 22.5 Å². The second kappa shape index (κ2) is 7.88. The van der Waals surface area contributed by atoms with Crippen molar-refractivity contribution >= 4 is 21.6 Å². The van der Waals surface area contributed by atoms with E-state index in [2.05, 4.69) is 5.32 Å². The molecule has 5 nitrogen and oxygen atoms in total. The van der Waals surface area contributed by atoms with Gasteiger partial charge in [0.15, 0.2) is 0 Å². The Morgan fingerprint density at radius 2 is 2.22 bits per heavy atom. The Kier molecular flexibility index (Phi) is 6.12. The maximum atomic E-state index is 13.2. The molecule has 1 saturated heterocycles. The summed E-state index contributed by atoms with van der Waals surface area (Å²) in [6.07, 6.45) is 2.74. The van der Waals surface area contributed by atoms with Gasteiger partial charge in [0.25, 0.3) is 0 Å². The molecule has 128 valence electrons. The van der Waals surface area contributed by atoms with Gasteiger partial charge in [-0.2, -0.15) is 0 Å². The highest BCUT2D eigenvalue weighted by atomic mass is 32.2. The average Bonchev–Trinajstić information content (AvgIpc) is 2.53. The van der Waals surface area contributed by atoms with Crippen LogP contribution in [0.5, 0.6) is 0 Å². The van der Waals surface area contributed by atoms with Crippen molar-refractivity contribution in [3.63, 3.8) is 0 Å². The number of benzene rings is 1. The Labute approximate surface area is 136 Å². The SMILES string of the molecule is CCCCS(=O)(=O)N1CCCC(C(=O)Nc2cccc(F)c2)C1. The molecule has 1 amide bonds. The number of nitrogens with zero attached hydrogens (tertiary/aromatic N) is 1. The average molecular weight is 342 g/mol. The molecule has 1 aliphatic heterocycles. The number of hydrogen-bond donors (Lipinski definition) is 1. The second-order valence-electron chi connectivity index (χ2n) is 5.87. The number of piperidine rings is 1. The van der Waals surface area contributed by atoms with Crippen molar-refractivity contribution in [3.8, 4) is 0 Å². The molecule has 0 spiro atoms. The first-order valence-electron chi connectivity index (χ1n) is 7.96. The lowest BCUT2D eigenvalue weighted by Crippen LogP contribution is -2.44. The standard InChI is InChI=1S/C16H23FN2O3S/c1-2-3-10-23(21,22)19-9-5-6-13(12-19)16(20)18-15-8-4-7-14(17)11-15/h4,7-8,11,13H,2-3,5-6,9-10,12H2,1H3,(H,18,20). The molecule has 0 aliphatic carbocycles. The minimum absolute atomic E-state index is 0.127. The summed E-state index contributed by atoms with van der Waals surface area (Å²) in [6, 6.07) is 5.68. The fourth-order valence-electron chi connectivity index (χ4n) is 2.68. The number of sulfonamides is 1. The fraction of sp³-hybridized carbons (Fsp3) is 0.562. The molecular formula is C16H23FN2O3S. The van der Waals surface area contributed by atoms with E-state index in [1.807, 2.05) is 6.92 Å². The highest BCUT2D eigenvalue weighted by molar-refractivity contribution is 7.89. The predicted octanol–water partition coefficient (Wildman–Crippen LogP) is 2.61. The first-order valence-corrected chi connectivity index (χ1v) is 9.57. The topological polar surface area (TPSA) is 66.5 Å². The molecular weight excluding hydrogens is 319 g/mol. The van der Waals surface area contributed by atoms with Crippen molar-refractivity contribution in [2.45, 2.75) is 32.6 Å². The number of carbonyl (C=O) groups excluding carboxylic acids is 1. The smallest absolute Gasteiger partial charge is 0.228 e. The zero-order valence-corrected chi connectivity index (χ0v) is 14.1. The van der Waals surface area contributed by atoms with Gasteiger partial charge in [-0.25, -0.2) is 17.1 Å². The van der Waals surface area contributed by atoms with Crippen LogP contribution in [0.1, 0.15) is 32.6 Å². The van der Waals surface area contributed by atoms with Crippen LogP contribution in [-0.2, 0) is 14.8 Å². The number of unbranched alkanes of at least 4 members (excludes halogenated alkanes) is 1. The van der Waals surface area contributed by atoms with E-state index in [0.29, 0.717) is 31.5 Å². The Hall–Kier alpha value is -1.47. The van der Waals surface area contributed by atoms with Crippen LogP contribution in [0, 0.1) is 11.7 Å². The van der Waals surface area contributed by atoms with Crippen molar-refractivity contribution in [2.24, 2.45) is 5.92 Å². The summed E-state index contributed by atoms with van der Waals surface area (Å²) in [4.78, 5) is 12.3. The van der Waals surface area contributed by atoms with E-state index >= 15 is 0 Å². The lowest BCUT2D eigenvalue weighted by atomic mass is 9.99. The molecule has 0 radical (unpaired) electrons. The Morgan fingerprint density at radius 1 is 1.43 bits per heavy atom. The molecule has 1 atom stereocenters. The predicted molar refractivity (Wildman–Crippen MR) is 88.0 cm³/mol. The summed E-state index contributed by atoms with van der Waals surface area (Å²) in [5.41, 5.74) is 0.390. The zero-order chi connectivity index (χ0) is 16.9. The number of rotatable bonds is 6. The van der Waals surface area contributed by atoms with E-state index < -0.39 is 21.8 Å². The van der Waals surface area contributed by atoms with Crippen molar-refractivity contribution in [1.29, 1.82) is 0 Å². The monoisotopic (exact) mass is 342 g/mol. The van der Waals surface area contributed by atoms with Gasteiger partial charge in [-0.1, -0.05) is 19.4 Å². The molecule has 7 heteroatoms. The molecule has 1 heterocycles. The van der Waals surface area contributed by atoms with Gasteiger partial charge in [0.2, 0.25) is 15.9 Å². The normalized spacial score (nSPS) is 19.5. The minimum Gasteiger partial charge on any atom is -0.326 e. The summed E-state index contributed by atoms with van der Waals surface area (Å²) >= 11 is 0. The maximum Gasteiger partial charge on any atom is 0.228 e. The third kappa shape index (κ3) is 5.00. The largest absolute Gasteiger partial charge is 0.326 e. The van der Waals surface area contributed by atoms with Gasteiger partial charge in [0, 0.05) is 18.8 Å². The molecule has 1 aromatic rings. The summed E-state index contributed by atoms with van der Waals surface area (Å²) in [6.45, 7) is 2.62. The van der Waals surface area contributed by atoms with E-state index in [0.717, 1.165) is 6.42 Å². The second-order valence-corrected chi connectivity index (χ2v) is 7.95. The van der Waals surface area contributed by atoms with Crippen LogP contribution in [0.4, 0.5) is 10.1 Å². The lowest BCUT2D eigenvalue weighted by molar-refractivity contribution is -0.120. The van der Waals surface area contributed by atoms with Crippen LogP contribution in [-0.4, -0.2) is 37.5 Å². The molecule has 0 bridgehead atoms. The summed E-state index contributed by atoms with van der Waals surface area (Å²) in [5, 5.41) is 2.67. The molecule has 1 aliphatic rings. The number of carbonyl (C=O) groups is 1. The zero-order valence-electron chi connectivity index (χ0n) is 13.3. The van der Waals surface area contributed by atoms with Crippen LogP contribution in [0.15, 0.2) is 24.3 Å². The van der Waals surface area contributed by atoms with Crippen molar-refractivity contribution in [2.75, 3.05) is 24.2 Å². The number of amides is 1. The minimum atomic E-state index is -3.30.